The normalized spacial score (nSPS) is 14.3. The predicted molar refractivity (Wildman–Crippen MR) is 304 cm³/mol. The molecule has 354 valence electrons. The van der Waals surface area contributed by atoms with E-state index in [4.69, 9.17) is 9.47 Å². The first-order chi connectivity index (χ1) is 35.2. The van der Waals surface area contributed by atoms with Crippen molar-refractivity contribution in [2.75, 3.05) is 9.80 Å². The van der Waals surface area contributed by atoms with E-state index in [1.54, 1.807) is 0 Å². The molecule has 0 spiro atoms. The molecule has 0 fully saturated rings. The van der Waals surface area contributed by atoms with E-state index < -0.39 is 0 Å². The van der Waals surface area contributed by atoms with Gasteiger partial charge >= 0.3 is 6.85 Å². The summed E-state index contributed by atoms with van der Waals surface area (Å²) in [5.41, 5.74) is 22.4. The zero-order chi connectivity index (χ0) is 49.7. The van der Waals surface area contributed by atoms with Crippen LogP contribution in [0.15, 0.2) is 194 Å². The first kappa shape index (κ1) is 43.6. The van der Waals surface area contributed by atoms with Crippen molar-refractivity contribution in [3.8, 4) is 56.5 Å². The minimum absolute atomic E-state index is 0.0744. The molecular weight excluding hydrogens is 890 g/mol. The number of anilines is 6. The molecule has 5 nitrogen and oxygen atoms in total. The zero-order valence-corrected chi connectivity index (χ0v) is 42.7. The Bertz CT molecular complexity index is 3880. The Morgan fingerprint density at radius 1 is 0.466 bits per heavy atom. The summed E-state index contributed by atoms with van der Waals surface area (Å²) in [6.45, 7) is 18.6. The highest BCUT2D eigenvalue weighted by atomic mass is 16.6. The molecule has 10 aromatic rings. The zero-order valence-electron chi connectivity index (χ0n) is 42.7. The first-order valence-electron chi connectivity index (χ1n) is 25.8. The fourth-order valence-corrected chi connectivity index (χ4v) is 12.5. The Hall–Kier alpha value is -8.22. The molecule has 0 atom stereocenters. The predicted octanol–water partition coefficient (Wildman–Crippen LogP) is 17.0. The number of para-hydroxylation sites is 4. The van der Waals surface area contributed by atoms with Crippen LogP contribution >= 0.6 is 0 Å². The van der Waals surface area contributed by atoms with Crippen LogP contribution in [0.1, 0.15) is 77.6 Å². The summed E-state index contributed by atoms with van der Waals surface area (Å²) in [6, 6.07) is 71.4. The van der Waals surface area contributed by atoms with Gasteiger partial charge in [-0.15, -0.1) is 0 Å². The number of hydrogen-bond donors (Lipinski definition) is 0. The third-order valence-electron chi connectivity index (χ3n) is 16.0. The van der Waals surface area contributed by atoms with Crippen LogP contribution < -0.4 is 30.2 Å². The monoisotopic (exact) mass is 945 g/mol. The Balaban J connectivity index is 1.15. The lowest BCUT2D eigenvalue weighted by molar-refractivity contribution is 0.360. The van der Waals surface area contributed by atoms with Crippen molar-refractivity contribution in [2.24, 2.45) is 0 Å². The second kappa shape index (κ2) is 15.4. The number of hydrogen-bond acceptors (Lipinski definition) is 4. The van der Waals surface area contributed by atoms with E-state index in [0.29, 0.717) is 23.0 Å². The maximum absolute atomic E-state index is 6.90. The average Bonchev–Trinajstić information content (AvgIpc) is 3.86. The lowest BCUT2D eigenvalue weighted by Crippen LogP contribution is -2.57. The fourth-order valence-electron chi connectivity index (χ4n) is 12.5. The van der Waals surface area contributed by atoms with Gasteiger partial charge in [-0.2, -0.15) is 0 Å². The van der Waals surface area contributed by atoms with Crippen molar-refractivity contribution in [3.63, 3.8) is 0 Å². The smallest absolute Gasteiger partial charge is 0.333 e. The summed E-state index contributed by atoms with van der Waals surface area (Å²) >= 11 is 0. The van der Waals surface area contributed by atoms with Crippen LogP contribution in [0.4, 0.5) is 34.1 Å². The molecule has 0 unspecified atom stereocenters. The van der Waals surface area contributed by atoms with Gasteiger partial charge in [-0.3, -0.25) is 0 Å². The van der Waals surface area contributed by atoms with Crippen LogP contribution in [0.25, 0.3) is 44.4 Å². The van der Waals surface area contributed by atoms with Crippen molar-refractivity contribution < 1.29 is 9.47 Å². The van der Waals surface area contributed by atoms with Gasteiger partial charge in [0.1, 0.15) is 0 Å². The number of nitrogens with zero attached hydrogens (tertiary/aromatic N) is 3. The highest BCUT2D eigenvalue weighted by molar-refractivity contribution is 6.90. The van der Waals surface area contributed by atoms with Crippen molar-refractivity contribution in [1.29, 1.82) is 0 Å². The Morgan fingerprint density at radius 3 is 1.71 bits per heavy atom. The van der Waals surface area contributed by atoms with E-state index in [1.807, 2.05) is 24.3 Å². The Morgan fingerprint density at radius 2 is 1.05 bits per heavy atom. The molecule has 0 saturated carbocycles. The quantitative estimate of drug-likeness (QED) is 0.161. The lowest BCUT2D eigenvalue weighted by atomic mass is 9.44. The van der Waals surface area contributed by atoms with E-state index in [1.165, 1.54) is 72.1 Å². The van der Waals surface area contributed by atoms with Crippen molar-refractivity contribution in [3.05, 3.63) is 216 Å². The number of ether oxygens (including phenoxy) is 2. The second-order valence-electron chi connectivity index (χ2n) is 23.0. The maximum atomic E-state index is 6.90. The highest BCUT2D eigenvalue weighted by Gasteiger charge is 2.50. The molecule has 3 aliphatic heterocycles. The van der Waals surface area contributed by atoms with Gasteiger partial charge in [0.15, 0.2) is 23.0 Å². The summed E-state index contributed by atoms with van der Waals surface area (Å²) in [6.07, 6.45) is 0. The maximum Gasteiger partial charge on any atom is 0.333 e. The summed E-state index contributed by atoms with van der Waals surface area (Å²) in [5, 5.41) is 1.27. The van der Waals surface area contributed by atoms with E-state index in [-0.39, 0.29) is 23.1 Å². The van der Waals surface area contributed by atoms with Gasteiger partial charge in [0.25, 0.3) is 0 Å². The summed E-state index contributed by atoms with van der Waals surface area (Å²) in [5.74, 6) is 2.83. The van der Waals surface area contributed by atoms with Gasteiger partial charge in [0.2, 0.25) is 0 Å². The van der Waals surface area contributed by atoms with E-state index >= 15 is 0 Å². The first-order valence-corrected chi connectivity index (χ1v) is 25.8. The Kier molecular flexibility index (Phi) is 9.19. The molecule has 0 N–H and O–H groups in total. The summed E-state index contributed by atoms with van der Waals surface area (Å²) in [7, 11) is 0. The molecule has 6 heteroatoms. The lowest BCUT2D eigenvalue weighted by Gasteiger charge is -2.43. The largest absolute Gasteiger partial charge is 0.450 e. The topological polar surface area (TPSA) is 29.9 Å². The van der Waals surface area contributed by atoms with Crippen LogP contribution in [-0.2, 0) is 16.2 Å². The third-order valence-corrected chi connectivity index (χ3v) is 16.0. The van der Waals surface area contributed by atoms with Gasteiger partial charge in [-0.1, -0.05) is 171 Å². The molecule has 4 heterocycles. The highest BCUT2D eigenvalue weighted by Crippen LogP contribution is 2.59. The van der Waals surface area contributed by atoms with Gasteiger partial charge in [-0.05, 0) is 128 Å². The third kappa shape index (κ3) is 6.42. The van der Waals surface area contributed by atoms with Crippen LogP contribution in [0.5, 0.6) is 23.0 Å². The standard InChI is InChI=1S/C67H56BN3O2/c1-65(2,3)42-32-33-54(48(34-42)41-22-12-9-13-23-41)70-55-40-60-59(72-57-30-20-21-31-58(57)73-60)39-53(55)68-62-49(35-43(36-56(62)70)66(4,5)6)50-37-46(69(44-24-14-10-15-25-44)45-26-16-11-17-27-45)38-51-61-64(71(68)63(50)51)47-28-18-19-29-52(47)67(61,7)8/h9-40H,1-8H3. The van der Waals surface area contributed by atoms with Gasteiger partial charge in [0, 0.05) is 73.2 Å². The van der Waals surface area contributed by atoms with E-state index in [2.05, 4.69) is 240 Å². The van der Waals surface area contributed by atoms with Crippen molar-refractivity contribution in [1.82, 2.24) is 4.48 Å². The molecule has 0 bridgehead atoms. The molecule has 1 aliphatic carbocycles. The van der Waals surface area contributed by atoms with Crippen molar-refractivity contribution in [2.45, 2.75) is 71.6 Å². The van der Waals surface area contributed by atoms with E-state index in [0.717, 1.165) is 39.6 Å². The van der Waals surface area contributed by atoms with Crippen molar-refractivity contribution >= 4 is 62.8 Å². The fraction of sp³-hybridized carbons (Fsp3) is 0.164. The van der Waals surface area contributed by atoms with E-state index in [9.17, 15) is 0 Å². The molecule has 4 aliphatic rings. The van der Waals surface area contributed by atoms with Crippen LogP contribution in [0, 0.1) is 0 Å². The molecule has 0 amide bonds. The molecule has 9 aromatic carbocycles. The van der Waals surface area contributed by atoms with Gasteiger partial charge in [0.05, 0.1) is 5.69 Å². The number of fused-ring (bicyclic) bond motifs is 11. The minimum atomic E-state index is -0.301. The van der Waals surface area contributed by atoms with Gasteiger partial charge in [-0.25, -0.2) is 0 Å². The van der Waals surface area contributed by atoms with Crippen LogP contribution in [0.2, 0.25) is 0 Å². The minimum Gasteiger partial charge on any atom is -0.450 e. The molecule has 14 rings (SSSR count). The number of benzene rings is 9. The molecule has 1 aromatic heterocycles. The molecule has 0 radical (unpaired) electrons. The number of rotatable bonds is 5. The SMILES string of the molecule is CC(C)(C)c1ccc(N2c3cc4c(cc3B3c5c(cc(C(C)(C)C)cc52)-c2cc(N(c5ccccc5)c5ccccc5)cc5c6c(n3c25)-c2ccccc2C6(C)C)Oc2ccccc2O4)c(-c2ccccc2)c1. The molecule has 0 saturated heterocycles. The summed E-state index contributed by atoms with van der Waals surface area (Å²) in [4.78, 5) is 5.00. The molecular formula is C67H56BN3O2. The number of aromatic nitrogens is 1. The average molecular weight is 946 g/mol. The van der Waals surface area contributed by atoms with Crippen LogP contribution in [0.3, 0.4) is 0 Å². The Labute approximate surface area is 429 Å². The van der Waals surface area contributed by atoms with Gasteiger partial charge < -0.3 is 23.8 Å². The molecule has 73 heavy (non-hydrogen) atoms. The summed E-state index contributed by atoms with van der Waals surface area (Å²) < 4.78 is 16.5. The second-order valence-corrected chi connectivity index (χ2v) is 23.0. The van der Waals surface area contributed by atoms with Crippen LogP contribution in [-0.4, -0.2) is 11.3 Å².